The molecule has 0 fully saturated rings. The number of hydrogen-bond acceptors (Lipinski definition) is 3. The summed E-state index contributed by atoms with van der Waals surface area (Å²) in [5.74, 6) is 2.63. The quantitative estimate of drug-likeness (QED) is 0.228. The van der Waals surface area contributed by atoms with Crippen LogP contribution in [0.1, 0.15) is 0 Å². The Kier molecular flexibility index (Phi) is 7.58. The Morgan fingerprint density at radius 2 is 1.08 bits per heavy atom. The van der Waals surface area contributed by atoms with E-state index < -0.39 is 0 Å². The second-order valence-corrected chi connectivity index (χ2v) is 9.18. The molecule has 2 heterocycles. The zero-order chi connectivity index (χ0) is 25.5. The molecule has 0 amide bonds. The molecule has 6 aromatic rings. The summed E-state index contributed by atoms with van der Waals surface area (Å²) in [6.07, 6.45) is 3.72. The molecule has 5 nitrogen and oxygen atoms in total. The van der Waals surface area contributed by atoms with Gasteiger partial charge in [0.2, 0.25) is 0 Å². The molecule has 2 aromatic heterocycles. The molecule has 182 valence electrons. The second-order valence-electron chi connectivity index (χ2n) is 8.26. The Balaban J connectivity index is 0.000000152. The van der Waals surface area contributed by atoms with Crippen molar-refractivity contribution in [3.05, 3.63) is 126 Å². The number of halogens is 1. The molecule has 0 aliphatic carbocycles. The molecule has 4 aromatic carbocycles. The van der Waals surface area contributed by atoms with E-state index in [0.29, 0.717) is 0 Å². The number of ether oxygens (including phenoxy) is 1. The number of H-pyrrole nitrogens is 2. The molecular weight excluding hydrogens is 524 g/mol. The maximum absolute atomic E-state index is 5.15. The Bertz CT molecular complexity index is 1560. The lowest BCUT2D eigenvalue weighted by Gasteiger charge is -2.01. The molecule has 0 atom stereocenters. The summed E-state index contributed by atoms with van der Waals surface area (Å²) in [6.45, 7) is 0. The van der Waals surface area contributed by atoms with Crippen LogP contribution in [0.2, 0.25) is 0 Å². The summed E-state index contributed by atoms with van der Waals surface area (Å²) in [4.78, 5) is 15.5. The maximum atomic E-state index is 5.15. The molecule has 0 saturated carbocycles. The van der Waals surface area contributed by atoms with Gasteiger partial charge in [0.15, 0.2) is 0 Å². The van der Waals surface area contributed by atoms with Gasteiger partial charge in [-0.3, -0.25) is 0 Å². The van der Waals surface area contributed by atoms with Crippen LogP contribution in [0.3, 0.4) is 0 Å². The molecule has 0 radical (unpaired) electrons. The summed E-state index contributed by atoms with van der Waals surface area (Å²) in [5, 5.41) is 0. The smallest absolute Gasteiger partial charge is 0.137 e. The predicted octanol–water partition coefficient (Wildman–Crippen LogP) is 8.26. The van der Waals surface area contributed by atoms with Crippen LogP contribution in [0.5, 0.6) is 5.75 Å². The van der Waals surface area contributed by atoms with E-state index in [9.17, 15) is 0 Å². The number of benzene rings is 4. The fraction of sp³-hybridized carbons (Fsp3) is 0.0323. The summed E-state index contributed by atoms with van der Waals surface area (Å²) in [7, 11) is 1.67. The van der Waals surface area contributed by atoms with E-state index >= 15 is 0 Å². The Morgan fingerprint density at radius 3 is 1.59 bits per heavy atom. The van der Waals surface area contributed by atoms with Gasteiger partial charge in [-0.05, 0) is 42.0 Å². The van der Waals surface area contributed by atoms with Crippen molar-refractivity contribution in [2.24, 2.45) is 0 Å². The van der Waals surface area contributed by atoms with Crippen molar-refractivity contribution in [2.75, 3.05) is 7.11 Å². The van der Waals surface area contributed by atoms with Gasteiger partial charge < -0.3 is 14.7 Å². The van der Waals surface area contributed by atoms with Gasteiger partial charge in [-0.15, -0.1) is 0 Å². The lowest BCUT2D eigenvalue weighted by atomic mass is 10.1. The van der Waals surface area contributed by atoms with E-state index in [4.69, 9.17) is 4.74 Å². The lowest BCUT2D eigenvalue weighted by Crippen LogP contribution is -1.83. The molecule has 0 saturated heterocycles. The average Bonchev–Trinajstić information content (AvgIpc) is 3.66. The third-order valence-corrected chi connectivity index (χ3v) is 6.28. The van der Waals surface area contributed by atoms with Crippen molar-refractivity contribution >= 4 is 15.9 Å². The van der Waals surface area contributed by atoms with Crippen LogP contribution in [0.25, 0.3) is 45.3 Å². The molecule has 0 unspecified atom stereocenters. The second kappa shape index (κ2) is 11.5. The highest BCUT2D eigenvalue weighted by Crippen LogP contribution is 2.25. The molecule has 0 bridgehead atoms. The number of hydrogen-bond donors (Lipinski definition) is 2. The molecule has 2 N–H and O–H groups in total. The average molecular weight is 549 g/mol. The summed E-state index contributed by atoms with van der Waals surface area (Å²) < 4.78 is 6.22. The normalized spacial score (nSPS) is 10.4. The maximum Gasteiger partial charge on any atom is 0.137 e. The molecule has 0 aliphatic rings. The van der Waals surface area contributed by atoms with E-state index in [1.807, 2.05) is 109 Å². The summed E-state index contributed by atoms with van der Waals surface area (Å²) in [5.41, 5.74) is 6.42. The summed E-state index contributed by atoms with van der Waals surface area (Å²) >= 11 is 3.48. The molecular formula is C31H25BrN4O. The van der Waals surface area contributed by atoms with Crippen molar-refractivity contribution < 1.29 is 4.74 Å². The summed E-state index contributed by atoms with van der Waals surface area (Å²) in [6, 6.07) is 36.3. The first kappa shape index (κ1) is 24.3. The molecule has 6 heteroatoms. The van der Waals surface area contributed by atoms with Crippen LogP contribution in [0.4, 0.5) is 0 Å². The number of nitrogens with one attached hydrogen (secondary N) is 2. The van der Waals surface area contributed by atoms with Gasteiger partial charge in [0.1, 0.15) is 17.4 Å². The highest BCUT2D eigenvalue weighted by molar-refractivity contribution is 9.10. The van der Waals surface area contributed by atoms with Crippen LogP contribution >= 0.6 is 15.9 Å². The van der Waals surface area contributed by atoms with E-state index in [1.54, 1.807) is 7.11 Å². The Morgan fingerprint density at radius 1 is 0.568 bits per heavy atom. The largest absolute Gasteiger partial charge is 0.497 e. The van der Waals surface area contributed by atoms with Gasteiger partial charge in [0.05, 0.1) is 30.9 Å². The minimum absolute atomic E-state index is 0.853. The zero-order valence-corrected chi connectivity index (χ0v) is 21.8. The number of aromatic amines is 2. The molecule has 37 heavy (non-hydrogen) atoms. The Hall–Kier alpha value is -4.42. The first-order valence-corrected chi connectivity index (χ1v) is 12.6. The standard InChI is InChI=1S/C16H14N2O.C15H11BrN2/c1-19-14-9-7-12(8-10-14)15-11-17-16(18-15)13-5-3-2-4-6-13;16-13-8-4-7-12(9-13)14-10-17-15(18-14)11-5-2-1-3-6-11/h2-11H,1H3,(H,17,18);1-10H,(H,17,18). The van der Waals surface area contributed by atoms with Gasteiger partial charge in [-0.1, -0.05) is 88.7 Å². The van der Waals surface area contributed by atoms with Gasteiger partial charge >= 0.3 is 0 Å². The third kappa shape index (κ3) is 6.05. The zero-order valence-electron chi connectivity index (χ0n) is 20.2. The van der Waals surface area contributed by atoms with Crippen LogP contribution in [0, 0.1) is 0 Å². The van der Waals surface area contributed by atoms with E-state index in [2.05, 4.69) is 48.0 Å². The minimum Gasteiger partial charge on any atom is -0.497 e. The minimum atomic E-state index is 0.853. The van der Waals surface area contributed by atoms with Crippen LogP contribution < -0.4 is 4.74 Å². The number of aromatic nitrogens is 4. The van der Waals surface area contributed by atoms with Gasteiger partial charge in [-0.2, -0.15) is 0 Å². The van der Waals surface area contributed by atoms with E-state index in [-0.39, 0.29) is 0 Å². The molecule has 0 aliphatic heterocycles. The van der Waals surface area contributed by atoms with E-state index in [1.165, 1.54) is 0 Å². The SMILES string of the molecule is Brc1cccc(-c2cnc(-c3ccccc3)[nH]2)c1.COc1ccc(-c2cnc(-c3ccccc3)[nH]2)cc1. The number of rotatable bonds is 5. The van der Waals surface area contributed by atoms with Crippen molar-refractivity contribution in [2.45, 2.75) is 0 Å². The van der Waals surface area contributed by atoms with Crippen molar-refractivity contribution in [1.82, 2.24) is 19.9 Å². The first-order valence-electron chi connectivity index (χ1n) is 11.8. The van der Waals surface area contributed by atoms with Gasteiger partial charge in [0.25, 0.3) is 0 Å². The highest BCUT2D eigenvalue weighted by atomic mass is 79.9. The molecule has 6 rings (SSSR count). The molecule has 0 spiro atoms. The fourth-order valence-corrected chi connectivity index (χ4v) is 4.25. The monoisotopic (exact) mass is 548 g/mol. The fourth-order valence-electron chi connectivity index (χ4n) is 3.85. The number of imidazole rings is 2. The van der Waals surface area contributed by atoms with Crippen molar-refractivity contribution in [1.29, 1.82) is 0 Å². The Labute approximate surface area is 224 Å². The van der Waals surface area contributed by atoms with Crippen molar-refractivity contribution in [3.8, 4) is 51.0 Å². The van der Waals surface area contributed by atoms with Crippen LogP contribution in [0.15, 0.2) is 126 Å². The van der Waals surface area contributed by atoms with Gasteiger partial charge in [0, 0.05) is 21.2 Å². The highest BCUT2D eigenvalue weighted by Gasteiger charge is 2.06. The first-order chi connectivity index (χ1) is 18.2. The third-order valence-electron chi connectivity index (χ3n) is 5.78. The number of nitrogens with zero attached hydrogens (tertiary/aromatic N) is 2. The van der Waals surface area contributed by atoms with Crippen LogP contribution in [-0.4, -0.2) is 27.0 Å². The predicted molar refractivity (Wildman–Crippen MR) is 153 cm³/mol. The van der Waals surface area contributed by atoms with Gasteiger partial charge in [-0.25, -0.2) is 9.97 Å². The van der Waals surface area contributed by atoms with Crippen LogP contribution in [-0.2, 0) is 0 Å². The lowest BCUT2D eigenvalue weighted by molar-refractivity contribution is 0.415. The van der Waals surface area contributed by atoms with Crippen molar-refractivity contribution in [3.63, 3.8) is 0 Å². The van der Waals surface area contributed by atoms with E-state index in [0.717, 1.165) is 55.5 Å². The topological polar surface area (TPSA) is 66.6 Å². The number of methoxy groups -OCH3 is 1.